The lowest BCUT2D eigenvalue weighted by atomic mass is 9.44. The van der Waals surface area contributed by atoms with Gasteiger partial charge >= 0.3 is 0 Å². The highest BCUT2D eigenvalue weighted by Gasteiger charge is 2.62. The van der Waals surface area contributed by atoms with Crippen LogP contribution in [0.3, 0.4) is 0 Å². The monoisotopic (exact) mass is 399 g/mol. The fourth-order valence-corrected chi connectivity index (χ4v) is 9.42. The van der Waals surface area contributed by atoms with Crippen molar-refractivity contribution in [3.63, 3.8) is 0 Å². The first-order valence-electron chi connectivity index (χ1n) is 12.6. The normalized spacial score (nSPS) is 49.1. The Morgan fingerprint density at radius 3 is 2.45 bits per heavy atom. The second-order valence-corrected chi connectivity index (χ2v) is 11.9. The Labute approximate surface area is 177 Å². The molecule has 0 aromatic heterocycles. The Hall–Kier alpha value is -0.590. The van der Waals surface area contributed by atoms with Gasteiger partial charge in [0.2, 0.25) is 0 Å². The molecular formula is C26H41NO2. The van der Waals surface area contributed by atoms with Gasteiger partial charge in [0.25, 0.3) is 0 Å². The number of fused-ring (bicyclic) bond motifs is 5. The van der Waals surface area contributed by atoms with E-state index >= 15 is 0 Å². The van der Waals surface area contributed by atoms with Crippen LogP contribution in [0.2, 0.25) is 0 Å². The first-order valence-corrected chi connectivity index (χ1v) is 12.6. The van der Waals surface area contributed by atoms with Crippen LogP contribution in [0.1, 0.15) is 91.4 Å². The molecule has 8 atom stereocenters. The Morgan fingerprint density at radius 2 is 1.69 bits per heavy atom. The van der Waals surface area contributed by atoms with Crippen molar-refractivity contribution in [2.75, 3.05) is 13.2 Å². The summed E-state index contributed by atoms with van der Waals surface area (Å²) >= 11 is 0. The van der Waals surface area contributed by atoms with Crippen LogP contribution in [-0.2, 0) is 9.47 Å². The van der Waals surface area contributed by atoms with Crippen LogP contribution < -0.4 is 0 Å². The SMILES string of the molecule is C[C@H](CCC#N)C1CCC2C3CCC4CC5(CC[C@]4(C)C3CC[C@@]21C)OCCO5. The summed E-state index contributed by atoms with van der Waals surface area (Å²) < 4.78 is 12.2. The van der Waals surface area contributed by atoms with Crippen LogP contribution >= 0.6 is 0 Å². The summed E-state index contributed by atoms with van der Waals surface area (Å²) in [5.74, 6) is 4.86. The van der Waals surface area contributed by atoms with E-state index in [0.717, 1.165) is 68.5 Å². The molecule has 5 aliphatic rings. The van der Waals surface area contributed by atoms with Gasteiger partial charge in [0.1, 0.15) is 0 Å². The molecule has 5 fully saturated rings. The third kappa shape index (κ3) is 3.03. The molecule has 4 saturated carbocycles. The first-order chi connectivity index (χ1) is 13.9. The highest BCUT2D eigenvalue weighted by molar-refractivity contribution is 5.10. The van der Waals surface area contributed by atoms with Crippen molar-refractivity contribution in [3.8, 4) is 6.07 Å². The van der Waals surface area contributed by atoms with Gasteiger partial charge < -0.3 is 9.47 Å². The van der Waals surface area contributed by atoms with Gasteiger partial charge in [0.15, 0.2) is 5.79 Å². The second kappa shape index (κ2) is 7.23. The molecule has 0 aromatic rings. The van der Waals surface area contributed by atoms with Crippen molar-refractivity contribution in [2.45, 2.75) is 97.2 Å². The Kier molecular flexibility index (Phi) is 5.07. The van der Waals surface area contributed by atoms with E-state index < -0.39 is 0 Å². The quantitative estimate of drug-likeness (QED) is 0.557. The molecule has 0 N–H and O–H groups in total. The number of rotatable bonds is 3. The zero-order chi connectivity index (χ0) is 20.3. The van der Waals surface area contributed by atoms with E-state index in [-0.39, 0.29) is 5.79 Å². The molecule has 1 spiro atoms. The van der Waals surface area contributed by atoms with Crippen molar-refractivity contribution in [1.82, 2.24) is 0 Å². The van der Waals surface area contributed by atoms with Crippen molar-refractivity contribution >= 4 is 0 Å². The molecule has 0 bridgehead atoms. The molecule has 4 aliphatic carbocycles. The first kappa shape index (κ1) is 20.3. The van der Waals surface area contributed by atoms with Crippen molar-refractivity contribution in [2.24, 2.45) is 46.3 Å². The Balaban J connectivity index is 1.34. The highest BCUT2D eigenvalue weighted by Crippen LogP contribution is 2.69. The number of hydrogen-bond acceptors (Lipinski definition) is 3. The van der Waals surface area contributed by atoms with Gasteiger partial charge in [-0.1, -0.05) is 20.8 Å². The van der Waals surface area contributed by atoms with Gasteiger partial charge in [-0.05, 0) is 97.7 Å². The van der Waals surface area contributed by atoms with Gasteiger partial charge in [0.05, 0.1) is 19.3 Å². The molecule has 1 heterocycles. The minimum atomic E-state index is -0.227. The summed E-state index contributed by atoms with van der Waals surface area (Å²) in [6.07, 6.45) is 13.9. The van der Waals surface area contributed by atoms with E-state index in [1.54, 1.807) is 0 Å². The zero-order valence-corrected chi connectivity index (χ0v) is 18.9. The van der Waals surface area contributed by atoms with E-state index in [1.807, 2.05) is 0 Å². The molecular weight excluding hydrogens is 358 g/mol. The average molecular weight is 400 g/mol. The van der Waals surface area contributed by atoms with Gasteiger partial charge in [0, 0.05) is 19.3 Å². The van der Waals surface area contributed by atoms with Gasteiger partial charge in [-0.15, -0.1) is 0 Å². The number of nitrogens with zero attached hydrogens (tertiary/aromatic N) is 1. The highest BCUT2D eigenvalue weighted by atomic mass is 16.7. The lowest BCUT2D eigenvalue weighted by molar-refractivity contribution is -0.229. The van der Waals surface area contributed by atoms with E-state index in [9.17, 15) is 0 Å². The van der Waals surface area contributed by atoms with Gasteiger partial charge in [-0.2, -0.15) is 5.26 Å². The maximum Gasteiger partial charge on any atom is 0.168 e. The number of nitriles is 1. The van der Waals surface area contributed by atoms with Crippen LogP contribution in [0.4, 0.5) is 0 Å². The van der Waals surface area contributed by atoms with E-state index in [2.05, 4.69) is 26.8 Å². The summed E-state index contributed by atoms with van der Waals surface area (Å²) in [5, 5.41) is 9.06. The molecule has 3 nitrogen and oxygen atoms in total. The minimum absolute atomic E-state index is 0.227. The largest absolute Gasteiger partial charge is 0.348 e. The minimum Gasteiger partial charge on any atom is -0.348 e. The Bertz CT molecular complexity index is 664. The Morgan fingerprint density at radius 1 is 0.931 bits per heavy atom. The fraction of sp³-hybridized carbons (Fsp3) is 0.962. The van der Waals surface area contributed by atoms with Gasteiger partial charge in [-0.3, -0.25) is 0 Å². The predicted octanol–water partition coefficient (Wildman–Crippen LogP) is 6.33. The molecule has 0 aromatic carbocycles. The van der Waals surface area contributed by atoms with E-state index in [4.69, 9.17) is 14.7 Å². The average Bonchev–Trinajstić information content (AvgIpc) is 3.31. The van der Waals surface area contributed by atoms with Crippen LogP contribution in [0.5, 0.6) is 0 Å². The standard InChI is InChI=1S/C26H41NO2/c1-18(5-4-14-27)21-8-9-22-20-7-6-19-17-26(28-15-16-29-26)13-12-24(19,2)23(20)10-11-25(21,22)3/h18-23H,4-13,15-17H2,1-3H3/t18-,19?,20?,21?,22?,23?,24+,25-/m1/s1. The van der Waals surface area contributed by atoms with Crippen LogP contribution in [0, 0.1) is 57.7 Å². The smallest absolute Gasteiger partial charge is 0.168 e. The molecule has 162 valence electrons. The van der Waals surface area contributed by atoms with Crippen LogP contribution in [0.15, 0.2) is 0 Å². The van der Waals surface area contributed by atoms with E-state index in [1.165, 1.54) is 44.9 Å². The molecule has 1 saturated heterocycles. The maximum absolute atomic E-state index is 9.06. The second-order valence-electron chi connectivity index (χ2n) is 11.9. The van der Waals surface area contributed by atoms with Crippen molar-refractivity contribution in [1.29, 1.82) is 5.26 Å². The third-order valence-electron chi connectivity index (χ3n) is 11.0. The van der Waals surface area contributed by atoms with Crippen LogP contribution in [-0.4, -0.2) is 19.0 Å². The lowest BCUT2D eigenvalue weighted by Gasteiger charge is -2.62. The van der Waals surface area contributed by atoms with E-state index in [0.29, 0.717) is 16.7 Å². The number of hydrogen-bond donors (Lipinski definition) is 0. The molecule has 0 amide bonds. The third-order valence-corrected chi connectivity index (χ3v) is 11.0. The molecule has 5 rings (SSSR count). The van der Waals surface area contributed by atoms with Crippen molar-refractivity contribution < 1.29 is 9.47 Å². The molecule has 3 heteroatoms. The topological polar surface area (TPSA) is 42.2 Å². The number of ether oxygens (including phenoxy) is 2. The summed E-state index contributed by atoms with van der Waals surface area (Å²) in [7, 11) is 0. The molecule has 0 radical (unpaired) electrons. The molecule has 1 aliphatic heterocycles. The molecule has 5 unspecified atom stereocenters. The predicted molar refractivity (Wildman–Crippen MR) is 114 cm³/mol. The lowest BCUT2D eigenvalue weighted by Crippen LogP contribution is -2.56. The van der Waals surface area contributed by atoms with Crippen LogP contribution in [0.25, 0.3) is 0 Å². The summed E-state index contributed by atoms with van der Waals surface area (Å²) in [5.41, 5.74) is 1.02. The van der Waals surface area contributed by atoms with Gasteiger partial charge in [-0.25, -0.2) is 0 Å². The molecule has 29 heavy (non-hydrogen) atoms. The zero-order valence-electron chi connectivity index (χ0n) is 18.9. The maximum atomic E-state index is 9.06. The summed E-state index contributed by atoms with van der Waals surface area (Å²) in [4.78, 5) is 0. The summed E-state index contributed by atoms with van der Waals surface area (Å²) in [6.45, 7) is 9.30. The summed E-state index contributed by atoms with van der Waals surface area (Å²) in [6, 6.07) is 2.39. The fourth-order valence-electron chi connectivity index (χ4n) is 9.42. The van der Waals surface area contributed by atoms with Crippen molar-refractivity contribution in [3.05, 3.63) is 0 Å².